The first-order valence-corrected chi connectivity index (χ1v) is 10.4. The van der Waals surface area contributed by atoms with E-state index >= 15 is 0 Å². The molecule has 1 atom stereocenters. The molecule has 0 radical (unpaired) electrons. The number of ether oxygens (including phenoxy) is 2. The lowest BCUT2D eigenvalue weighted by atomic mass is 10.1. The molecule has 142 valence electrons. The predicted octanol–water partition coefficient (Wildman–Crippen LogP) is 3.78. The van der Waals surface area contributed by atoms with Crippen LogP contribution in [0.5, 0.6) is 11.5 Å². The van der Waals surface area contributed by atoms with Gasteiger partial charge in [-0.2, -0.15) is 0 Å². The molecule has 1 N–H and O–H groups in total. The minimum Gasteiger partial charge on any atom is -0.490 e. The second kappa shape index (κ2) is 9.59. The highest BCUT2D eigenvalue weighted by atomic mass is 32.2. The Bertz CT molecular complexity index is 791. The number of aryl methyl sites for hydroxylation is 1. The van der Waals surface area contributed by atoms with Crippen molar-refractivity contribution in [1.82, 2.24) is 4.72 Å². The van der Waals surface area contributed by atoms with E-state index in [4.69, 9.17) is 9.47 Å². The number of benzene rings is 2. The van der Waals surface area contributed by atoms with Crippen LogP contribution in [0.1, 0.15) is 32.8 Å². The average molecular weight is 378 g/mol. The Morgan fingerprint density at radius 1 is 0.962 bits per heavy atom. The molecular weight excluding hydrogens is 350 g/mol. The molecule has 0 aliphatic carbocycles. The van der Waals surface area contributed by atoms with Gasteiger partial charge in [0.25, 0.3) is 0 Å². The van der Waals surface area contributed by atoms with E-state index in [1.54, 1.807) is 12.1 Å². The summed E-state index contributed by atoms with van der Waals surface area (Å²) in [7, 11) is -3.62. The molecule has 0 saturated carbocycles. The number of sulfonamides is 1. The molecule has 2 aromatic rings. The van der Waals surface area contributed by atoms with E-state index in [1.807, 2.05) is 51.1 Å². The van der Waals surface area contributed by atoms with E-state index in [2.05, 4.69) is 4.72 Å². The van der Waals surface area contributed by atoms with Gasteiger partial charge in [0.15, 0.2) is 11.5 Å². The molecule has 0 aromatic heterocycles. The van der Waals surface area contributed by atoms with Gasteiger partial charge in [-0.05, 0) is 51.3 Å². The van der Waals surface area contributed by atoms with E-state index in [1.165, 1.54) is 11.6 Å². The monoisotopic (exact) mass is 377 g/mol. The molecule has 0 amide bonds. The highest BCUT2D eigenvalue weighted by Gasteiger charge is 2.19. The van der Waals surface area contributed by atoms with Gasteiger partial charge in [-0.3, -0.25) is 0 Å². The lowest BCUT2D eigenvalue weighted by Gasteiger charge is -2.16. The normalized spacial score (nSPS) is 12.6. The maximum absolute atomic E-state index is 12.7. The third-order valence-corrected chi connectivity index (χ3v) is 5.48. The van der Waals surface area contributed by atoms with Gasteiger partial charge in [-0.1, -0.05) is 30.3 Å². The van der Waals surface area contributed by atoms with Crippen LogP contribution in [0.2, 0.25) is 0 Å². The van der Waals surface area contributed by atoms with Crippen molar-refractivity contribution in [2.24, 2.45) is 0 Å². The number of hydrogen-bond donors (Lipinski definition) is 1. The van der Waals surface area contributed by atoms with E-state index in [9.17, 15) is 8.42 Å². The van der Waals surface area contributed by atoms with E-state index in [0.717, 1.165) is 12.8 Å². The van der Waals surface area contributed by atoms with Crippen molar-refractivity contribution in [3.63, 3.8) is 0 Å². The van der Waals surface area contributed by atoms with Gasteiger partial charge in [-0.15, -0.1) is 0 Å². The molecule has 6 heteroatoms. The Hall–Kier alpha value is -2.05. The molecule has 0 heterocycles. The summed E-state index contributed by atoms with van der Waals surface area (Å²) in [5.74, 6) is 0.986. The van der Waals surface area contributed by atoms with E-state index < -0.39 is 10.0 Å². The van der Waals surface area contributed by atoms with Crippen LogP contribution in [-0.2, 0) is 16.4 Å². The quantitative estimate of drug-likeness (QED) is 0.684. The lowest BCUT2D eigenvalue weighted by Crippen LogP contribution is -2.33. The second-order valence-electron chi connectivity index (χ2n) is 6.02. The molecule has 0 aliphatic heterocycles. The molecule has 0 fully saturated rings. The van der Waals surface area contributed by atoms with Gasteiger partial charge in [0.2, 0.25) is 10.0 Å². The van der Waals surface area contributed by atoms with Crippen LogP contribution in [0.15, 0.2) is 53.4 Å². The SMILES string of the molecule is CCOc1ccc(S(=O)(=O)N[C@@H](C)CCc2ccccc2)cc1OCC. The largest absolute Gasteiger partial charge is 0.490 e. The molecule has 2 aromatic carbocycles. The minimum absolute atomic E-state index is 0.177. The zero-order valence-corrected chi connectivity index (χ0v) is 16.4. The third-order valence-electron chi connectivity index (χ3n) is 3.89. The van der Waals surface area contributed by atoms with E-state index in [-0.39, 0.29) is 10.9 Å². The summed E-state index contributed by atoms with van der Waals surface area (Å²) in [6.07, 6.45) is 1.54. The van der Waals surface area contributed by atoms with Crippen molar-refractivity contribution in [1.29, 1.82) is 0 Å². The summed E-state index contributed by atoms with van der Waals surface area (Å²) in [5, 5.41) is 0. The fraction of sp³-hybridized carbons (Fsp3) is 0.400. The molecule has 0 bridgehead atoms. The fourth-order valence-corrected chi connectivity index (χ4v) is 3.91. The highest BCUT2D eigenvalue weighted by Crippen LogP contribution is 2.30. The van der Waals surface area contributed by atoms with Crippen LogP contribution in [0.4, 0.5) is 0 Å². The molecule has 26 heavy (non-hydrogen) atoms. The molecule has 0 spiro atoms. The van der Waals surface area contributed by atoms with Gasteiger partial charge in [0.1, 0.15) is 0 Å². The van der Waals surface area contributed by atoms with Crippen molar-refractivity contribution in [2.75, 3.05) is 13.2 Å². The lowest BCUT2D eigenvalue weighted by molar-refractivity contribution is 0.287. The second-order valence-corrected chi connectivity index (χ2v) is 7.74. The fourth-order valence-electron chi connectivity index (χ4n) is 2.62. The first-order valence-electron chi connectivity index (χ1n) is 8.92. The third kappa shape index (κ3) is 5.75. The van der Waals surface area contributed by atoms with E-state index in [0.29, 0.717) is 24.7 Å². The van der Waals surface area contributed by atoms with Gasteiger partial charge in [0.05, 0.1) is 18.1 Å². The zero-order valence-electron chi connectivity index (χ0n) is 15.6. The van der Waals surface area contributed by atoms with Crippen molar-refractivity contribution < 1.29 is 17.9 Å². The van der Waals surface area contributed by atoms with Crippen LogP contribution in [0.25, 0.3) is 0 Å². The minimum atomic E-state index is -3.62. The van der Waals surface area contributed by atoms with Crippen LogP contribution in [0.3, 0.4) is 0 Å². The Kier molecular flexibility index (Phi) is 7.48. The van der Waals surface area contributed by atoms with Crippen molar-refractivity contribution in [3.8, 4) is 11.5 Å². The maximum Gasteiger partial charge on any atom is 0.240 e. The van der Waals surface area contributed by atoms with Gasteiger partial charge in [0, 0.05) is 12.1 Å². The molecular formula is C20H27NO4S. The summed E-state index contributed by atoms with van der Waals surface area (Å²) in [5.41, 5.74) is 1.19. The summed E-state index contributed by atoms with van der Waals surface area (Å²) in [6.45, 7) is 6.51. The molecule has 0 unspecified atom stereocenters. The van der Waals surface area contributed by atoms with Crippen LogP contribution in [-0.4, -0.2) is 27.7 Å². The van der Waals surface area contributed by atoms with Crippen molar-refractivity contribution in [3.05, 3.63) is 54.1 Å². The molecule has 2 rings (SSSR count). The van der Waals surface area contributed by atoms with Crippen molar-refractivity contribution >= 4 is 10.0 Å². The van der Waals surface area contributed by atoms with Crippen LogP contribution < -0.4 is 14.2 Å². The number of nitrogens with one attached hydrogen (secondary N) is 1. The van der Waals surface area contributed by atoms with Gasteiger partial charge < -0.3 is 9.47 Å². The molecule has 5 nitrogen and oxygen atoms in total. The predicted molar refractivity (Wildman–Crippen MR) is 103 cm³/mol. The standard InChI is InChI=1S/C20H27NO4S/c1-4-24-19-14-13-18(15-20(19)25-5-2)26(22,23)21-16(3)11-12-17-9-7-6-8-10-17/h6-10,13-16,21H,4-5,11-12H2,1-3H3/t16-/m0/s1. The summed E-state index contributed by atoms with van der Waals surface area (Å²) >= 11 is 0. The van der Waals surface area contributed by atoms with Crippen LogP contribution in [0, 0.1) is 0 Å². The average Bonchev–Trinajstić information content (AvgIpc) is 2.62. The summed E-state index contributed by atoms with van der Waals surface area (Å²) < 4.78 is 39.1. The number of hydrogen-bond acceptors (Lipinski definition) is 4. The maximum atomic E-state index is 12.7. The van der Waals surface area contributed by atoms with Gasteiger partial charge in [-0.25, -0.2) is 13.1 Å². The first-order chi connectivity index (χ1) is 12.5. The summed E-state index contributed by atoms with van der Waals surface area (Å²) in [4.78, 5) is 0.177. The topological polar surface area (TPSA) is 64.6 Å². The van der Waals surface area contributed by atoms with Gasteiger partial charge >= 0.3 is 0 Å². The molecule has 0 saturated heterocycles. The Morgan fingerprint density at radius 3 is 2.27 bits per heavy atom. The Balaban J connectivity index is 2.07. The van der Waals surface area contributed by atoms with Crippen molar-refractivity contribution in [2.45, 2.75) is 44.6 Å². The Labute approximate surface area is 156 Å². The van der Waals surface area contributed by atoms with Crippen LogP contribution >= 0.6 is 0 Å². The highest BCUT2D eigenvalue weighted by molar-refractivity contribution is 7.89. The smallest absolute Gasteiger partial charge is 0.240 e. The number of rotatable bonds is 10. The molecule has 0 aliphatic rings. The summed E-state index contributed by atoms with van der Waals surface area (Å²) in [6, 6.07) is 14.5. The zero-order chi connectivity index (χ0) is 19.0. The first kappa shape index (κ1) is 20.3. The Morgan fingerprint density at radius 2 is 1.62 bits per heavy atom.